The molecule has 5 nitrogen and oxygen atoms in total. The number of thiocarbonyl (C=S) groups is 1. The molecule has 0 aliphatic carbocycles. The molecule has 0 amide bonds. The molecule has 20 heavy (non-hydrogen) atoms. The molecule has 0 saturated carbocycles. The Morgan fingerprint density at radius 2 is 2.25 bits per heavy atom. The summed E-state index contributed by atoms with van der Waals surface area (Å²) >= 11 is 9.30. The van der Waals surface area contributed by atoms with Crippen LogP contribution >= 0.6 is 39.5 Å². The number of anilines is 1. The van der Waals surface area contributed by atoms with Crippen molar-refractivity contribution in [3.63, 3.8) is 0 Å². The van der Waals surface area contributed by atoms with Crippen LogP contribution in [0, 0.1) is 0 Å². The van der Waals surface area contributed by atoms with Crippen LogP contribution in [0.1, 0.15) is 11.1 Å². The van der Waals surface area contributed by atoms with Crippen LogP contribution in [0.4, 0.5) is 5.13 Å². The lowest BCUT2D eigenvalue weighted by Gasteiger charge is -2.06. The fourth-order valence-corrected chi connectivity index (χ4v) is 4.15. The largest absolute Gasteiger partial charge is 0.389 e. The van der Waals surface area contributed by atoms with Gasteiger partial charge < -0.3 is 5.73 Å². The molecule has 1 aromatic carbocycles. The Kier molecular flexibility index (Phi) is 4.74. The number of hydrogen-bond donors (Lipinski definition) is 2. The van der Waals surface area contributed by atoms with Gasteiger partial charge in [0.2, 0.25) is 10.0 Å². The van der Waals surface area contributed by atoms with Crippen molar-refractivity contribution in [2.45, 2.75) is 5.75 Å². The molecule has 106 valence electrons. The number of benzene rings is 1. The highest BCUT2D eigenvalue weighted by atomic mass is 79.9. The molecule has 0 unspecified atom stereocenters. The molecule has 0 atom stereocenters. The summed E-state index contributed by atoms with van der Waals surface area (Å²) < 4.78 is 27.2. The molecule has 0 aliphatic rings. The minimum absolute atomic E-state index is 0.166. The van der Waals surface area contributed by atoms with Crippen LogP contribution in [0.5, 0.6) is 0 Å². The summed E-state index contributed by atoms with van der Waals surface area (Å²) in [5, 5.41) is 0.322. The molecule has 3 N–H and O–H groups in total. The summed E-state index contributed by atoms with van der Waals surface area (Å²) in [6, 6.07) is 6.83. The Morgan fingerprint density at radius 1 is 1.50 bits per heavy atom. The third-order valence-electron chi connectivity index (χ3n) is 2.29. The van der Waals surface area contributed by atoms with Crippen molar-refractivity contribution in [3.8, 4) is 0 Å². The van der Waals surface area contributed by atoms with E-state index in [-0.39, 0.29) is 10.7 Å². The Hall–Kier alpha value is -1.03. The van der Waals surface area contributed by atoms with Crippen LogP contribution in [0.15, 0.2) is 34.2 Å². The first kappa shape index (κ1) is 15.4. The highest BCUT2D eigenvalue weighted by molar-refractivity contribution is 9.11. The van der Waals surface area contributed by atoms with Crippen LogP contribution in [0.2, 0.25) is 0 Å². The van der Waals surface area contributed by atoms with E-state index in [1.807, 2.05) is 0 Å². The average Bonchev–Trinajstić information content (AvgIpc) is 2.73. The first-order chi connectivity index (χ1) is 9.35. The molecule has 2 rings (SSSR count). The van der Waals surface area contributed by atoms with Crippen molar-refractivity contribution in [3.05, 3.63) is 45.4 Å². The van der Waals surface area contributed by atoms with Crippen LogP contribution < -0.4 is 10.5 Å². The molecule has 1 heterocycles. The van der Waals surface area contributed by atoms with Crippen molar-refractivity contribution >= 4 is 59.6 Å². The summed E-state index contributed by atoms with van der Waals surface area (Å²) in [6.45, 7) is 0. The highest BCUT2D eigenvalue weighted by Crippen LogP contribution is 2.24. The van der Waals surface area contributed by atoms with Gasteiger partial charge in [0.05, 0.1) is 15.7 Å². The van der Waals surface area contributed by atoms with Gasteiger partial charge in [-0.1, -0.05) is 41.8 Å². The summed E-state index contributed by atoms with van der Waals surface area (Å²) in [5.74, 6) is -0.166. The van der Waals surface area contributed by atoms with E-state index in [1.165, 1.54) is 17.5 Å². The Balaban J connectivity index is 2.15. The number of aromatic nitrogens is 1. The quantitative estimate of drug-likeness (QED) is 0.764. The molecule has 0 radical (unpaired) electrons. The molecule has 0 fully saturated rings. The van der Waals surface area contributed by atoms with Gasteiger partial charge in [0, 0.05) is 5.56 Å². The van der Waals surface area contributed by atoms with E-state index < -0.39 is 10.0 Å². The number of halogens is 1. The zero-order chi connectivity index (χ0) is 14.8. The summed E-state index contributed by atoms with van der Waals surface area (Å²) in [6.07, 6.45) is 1.54. The molecule has 0 spiro atoms. The number of nitrogens with one attached hydrogen (secondary N) is 1. The summed E-state index contributed by atoms with van der Waals surface area (Å²) in [7, 11) is -3.52. The van der Waals surface area contributed by atoms with Crippen LogP contribution in [-0.2, 0) is 15.8 Å². The number of thiazole rings is 1. The van der Waals surface area contributed by atoms with Gasteiger partial charge in [-0.2, -0.15) is 0 Å². The second-order valence-corrected chi connectivity index (χ2v) is 8.47. The summed E-state index contributed by atoms with van der Waals surface area (Å²) in [4.78, 5) is 4.17. The van der Waals surface area contributed by atoms with Gasteiger partial charge in [-0.15, -0.1) is 0 Å². The predicted molar refractivity (Wildman–Crippen MR) is 88.4 cm³/mol. The fraction of sp³-hybridized carbons (Fsp3) is 0.0909. The third kappa shape index (κ3) is 4.23. The van der Waals surface area contributed by atoms with Gasteiger partial charge in [-0.25, -0.2) is 13.4 Å². The molecule has 0 saturated heterocycles. The van der Waals surface area contributed by atoms with E-state index in [2.05, 4.69) is 25.6 Å². The molecule has 0 bridgehead atoms. The minimum atomic E-state index is -3.52. The number of hydrogen-bond acceptors (Lipinski definition) is 5. The topological polar surface area (TPSA) is 85.1 Å². The minimum Gasteiger partial charge on any atom is -0.389 e. The summed E-state index contributed by atoms with van der Waals surface area (Å²) in [5.41, 5.74) is 6.78. The van der Waals surface area contributed by atoms with Gasteiger partial charge in [0.25, 0.3) is 0 Å². The van der Waals surface area contributed by atoms with Crippen molar-refractivity contribution in [2.75, 3.05) is 4.72 Å². The number of nitrogens with two attached hydrogens (primary N) is 1. The van der Waals surface area contributed by atoms with Crippen molar-refractivity contribution < 1.29 is 8.42 Å². The second kappa shape index (κ2) is 6.17. The van der Waals surface area contributed by atoms with Gasteiger partial charge in [-0.3, -0.25) is 4.72 Å². The monoisotopic (exact) mass is 391 g/mol. The molecule has 2 aromatic rings. The van der Waals surface area contributed by atoms with E-state index in [0.29, 0.717) is 16.3 Å². The molecule has 0 aliphatic heterocycles. The first-order valence-electron chi connectivity index (χ1n) is 5.36. The Labute approximate surface area is 134 Å². The second-order valence-electron chi connectivity index (χ2n) is 3.90. The van der Waals surface area contributed by atoms with Crippen LogP contribution in [0.3, 0.4) is 0 Å². The standard InChI is InChI=1S/C11H10BrN3O2S3/c12-9-5-14-11(19-9)15-20(16,17)6-7-2-1-3-8(4-7)10(13)18/h1-5H,6H2,(H2,13,18)(H,14,15). The fourth-order valence-electron chi connectivity index (χ4n) is 1.50. The molecular weight excluding hydrogens is 382 g/mol. The SMILES string of the molecule is NC(=S)c1cccc(CS(=O)(=O)Nc2ncc(Br)s2)c1. The zero-order valence-corrected chi connectivity index (χ0v) is 14.1. The van der Waals surface area contributed by atoms with Crippen molar-refractivity contribution in [1.82, 2.24) is 4.98 Å². The maximum absolute atomic E-state index is 12.0. The predicted octanol–water partition coefficient (Wildman–Crippen LogP) is 2.48. The maximum atomic E-state index is 12.0. The lowest BCUT2D eigenvalue weighted by atomic mass is 10.1. The lowest BCUT2D eigenvalue weighted by Crippen LogP contribution is -2.16. The van der Waals surface area contributed by atoms with E-state index >= 15 is 0 Å². The number of sulfonamides is 1. The number of nitrogens with zero attached hydrogens (tertiary/aromatic N) is 1. The smallest absolute Gasteiger partial charge is 0.238 e. The van der Waals surface area contributed by atoms with Crippen LogP contribution in [-0.4, -0.2) is 18.4 Å². The van der Waals surface area contributed by atoms with Crippen LogP contribution in [0.25, 0.3) is 0 Å². The average molecular weight is 392 g/mol. The normalized spacial score (nSPS) is 11.2. The molecular formula is C11H10BrN3O2S3. The lowest BCUT2D eigenvalue weighted by molar-refractivity contribution is 0.600. The number of rotatable bonds is 5. The molecule has 9 heteroatoms. The van der Waals surface area contributed by atoms with E-state index in [0.717, 1.165) is 3.79 Å². The van der Waals surface area contributed by atoms with Gasteiger partial charge in [0.15, 0.2) is 5.13 Å². The zero-order valence-electron chi connectivity index (χ0n) is 10.0. The van der Waals surface area contributed by atoms with E-state index in [1.54, 1.807) is 24.3 Å². The van der Waals surface area contributed by atoms with Gasteiger partial charge in [0.1, 0.15) is 4.99 Å². The van der Waals surface area contributed by atoms with E-state index in [9.17, 15) is 8.42 Å². The Bertz CT molecular complexity index is 743. The van der Waals surface area contributed by atoms with E-state index in [4.69, 9.17) is 18.0 Å². The maximum Gasteiger partial charge on any atom is 0.238 e. The van der Waals surface area contributed by atoms with Gasteiger partial charge in [-0.05, 0) is 27.6 Å². The van der Waals surface area contributed by atoms with Gasteiger partial charge >= 0.3 is 0 Å². The van der Waals surface area contributed by atoms with Crippen molar-refractivity contribution in [1.29, 1.82) is 0 Å². The molecule has 1 aromatic heterocycles. The highest BCUT2D eigenvalue weighted by Gasteiger charge is 2.14. The Morgan fingerprint density at radius 3 is 2.85 bits per heavy atom. The first-order valence-corrected chi connectivity index (χ1v) is 9.03. The third-order valence-corrected chi connectivity index (χ3v) is 5.26. The van der Waals surface area contributed by atoms with Crippen molar-refractivity contribution in [2.24, 2.45) is 5.73 Å².